The fourth-order valence-corrected chi connectivity index (χ4v) is 2.79. The number of rotatable bonds is 3. The Kier molecular flexibility index (Phi) is 3.85. The first-order valence-electron chi connectivity index (χ1n) is 5.27. The zero-order chi connectivity index (χ0) is 11.6. The average molecular weight is 243 g/mol. The first-order chi connectivity index (χ1) is 6.80. The van der Waals surface area contributed by atoms with Gasteiger partial charge < -0.3 is 4.74 Å². The van der Waals surface area contributed by atoms with Crippen LogP contribution in [0.15, 0.2) is 18.2 Å². The van der Waals surface area contributed by atoms with E-state index in [9.17, 15) is 0 Å². The second-order valence-electron chi connectivity index (χ2n) is 5.06. The van der Waals surface area contributed by atoms with Gasteiger partial charge in [-0.3, -0.25) is 0 Å². The predicted octanol–water partition coefficient (Wildman–Crippen LogP) is 3.67. The molecular formula is C12H19ClOSi. The molecule has 1 aromatic rings. The van der Waals surface area contributed by atoms with Crippen molar-refractivity contribution in [2.75, 3.05) is 0 Å². The number of hydrogen-bond acceptors (Lipinski definition) is 1. The Morgan fingerprint density at radius 1 is 1.20 bits per heavy atom. The van der Waals surface area contributed by atoms with E-state index >= 15 is 0 Å². The van der Waals surface area contributed by atoms with Crippen LogP contribution in [0.5, 0.6) is 5.75 Å². The molecule has 0 spiro atoms. The second-order valence-corrected chi connectivity index (χ2v) is 10.5. The van der Waals surface area contributed by atoms with Crippen LogP contribution >= 0.6 is 11.6 Å². The highest BCUT2D eigenvalue weighted by Gasteiger charge is 2.17. The van der Waals surface area contributed by atoms with Crippen molar-refractivity contribution in [2.24, 2.45) is 0 Å². The minimum absolute atomic E-state index is 0.167. The quantitative estimate of drug-likeness (QED) is 0.735. The van der Waals surface area contributed by atoms with E-state index in [1.54, 1.807) is 0 Å². The van der Waals surface area contributed by atoms with Gasteiger partial charge in [-0.25, -0.2) is 0 Å². The summed E-state index contributed by atoms with van der Waals surface area (Å²) in [6.45, 7) is 10.9. The van der Waals surface area contributed by atoms with Gasteiger partial charge in [0.25, 0.3) is 0 Å². The van der Waals surface area contributed by atoms with Crippen LogP contribution in [0.2, 0.25) is 24.7 Å². The van der Waals surface area contributed by atoms with Crippen LogP contribution in [0.4, 0.5) is 0 Å². The molecule has 0 radical (unpaired) electrons. The molecule has 0 aliphatic carbocycles. The van der Waals surface area contributed by atoms with Crippen molar-refractivity contribution in [1.82, 2.24) is 0 Å². The minimum Gasteiger partial charge on any atom is -0.489 e. The first-order valence-corrected chi connectivity index (χ1v) is 9.15. The number of hydrogen-bond donors (Lipinski definition) is 0. The lowest BCUT2D eigenvalue weighted by atomic mass is 10.3. The van der Waals surface area contributed by atoms with Gasteiger partial charge in [0.15, 0.2) is 0 Å². The lowest BCUT2D eigenvalue weighted by molar-refractivity contribution is 0.242. The molecule has 0 aliphatic rings. The third-order valence-corrected chi connectivity index (χ3v) is 4.50. The molecule has 1 rings (SSSR count). The Morgan fingerprint density at radius 2 is 1.80 bits per heavy atom. The summed E-state index contributed by atoms with van der Waals surface area (Å²) in [5.74, 6) is 0.786. The van der Waals surface area contributed by atoms with Crippen LogP contribution in [0.1, 0.15) is 13.8 Å². The average Bonchev–Trinajstić information content (AvgIpc) is 2.05. The molecule has 0 N–H and O–H groups in total. The molecule has 0 heterocycles. The van der Waals surface area contributed by atoms with E-state index in [0.717, 1.165) is 10.8 Å². The normalized spacial score (nSPS) is 11.9. The molecule has 0 aromatic heterocycles. The molecule has 0 bridgehead atoms. The molecule has 0 saturated heterocycles. The summed E-state index contributed by atoms with van der Waals surface area (Å²) in [5, 5.41) is 2.09. The third-order valence-electron chi connectivity index (χ3n) is 2.16. The number of halogens is 1. The van der Waals surface area contributed by atoms with E-state index in [1.165, 1.54) is 5.19 Å². The summed E-state index contributed by atoms with van der Waals surface area (Å²) < 4.78 is 5.60. The highest BCUT2D eigenvalue weighted by Crippen LogP contribution is 2.24. The third kappa shape index (κ3) is 3.54. The van der Waals surface area contributed by atoms with E-state index in [2.05, 4.69) is 25.7 Å². The Bertz CT molecular complexity index is 342. The van der Waals surface area contributed by atoms with Gasteiger partial charge >= 0.3 is 0 Å². The van der Waals surface area contributed by atoms with Crippen molar-refractivity contribution in [3.63, 3.8) is 0 Å². The van der Waals surface area contributed by atoms with Gasteiger partial charge in [-0.2, -0.15) is 0 Å². The molecule has 0 unspecified atom stereocenters. The van der Waals surface area contributed by atoms with Crippen LogP contribution in [-0.4, -0.2) is 14.2 Å². The summed E-state index contributed by atoms with van der Waals surface area (Å²) in [5.41, 5.74) is 0. The standard InChI is InChI=1S/C12H19ClOSi/c1-9(2)14-12-7-6-10(8-11(12)13)15(3,4)5/h6-9H,1-5H3. The van der Waals surface area contributed by atoms with Gasteiger partial charge in [-0.15, -0.1) is 0 Å². The lowest BCUT2D eigenvalue weighted by Crippen LogP contribution is -2.37. The van der Waals surface area contributed by atoms with Crippen LogP contribution in [0.3, 0.4) is 0 Å². The SMILES string of the molecule is CC(C)Oc1ccc([Si](C)(C)C)cc1Cl. The van der Waals surface area contributed by atoms with Crippen molar-refractivity contribution < 1.29 is 4.74 Å². The molecule has 1 nitrogen and oxygen atoms in total. The van der Waals surface area contributed by atoms with E-state index < -0.39 is 8.07 Å². The molecule has 15 heavy (non-hydrogen) atoms. The maximum absolute atomic E-state index is 6.18. The monoisotopic (exact) mass is 242 g/mol. The zero-order valence-corrected chi connectivity index (χ0v) is 11.9. The topological polar surface area (TPSA) is 9.23 Å². The summed E-state index contributed by atoms with van der Waals surface area (Å²) in [6, 6.07) is 6.16. The van der Waals surface area contributed by atoms with Crippen LogP contribution in [0, 0.1) is 0 Å². The highest BCUT2D eigenvalue weighted by molar-refractivity contribution is 6.88. The molecule has 0 saturated carbocycles. The Balaban J connectivity index is 2.98. The van der Waals surface area contributed by atoms with Crippen molar-refractivity contribution in [3.8, 4) is 5.75 Å². The van der Waals surface area contributed by atoms with Crippen molar-refractivity contribution in [2.45, 2.75) is 39.6 Å². The summed E-state index contributed by atoms with van der Waals surface area (Å²) in [6.07, 6.45) is 0.167. The van der Waals surface area contributed by atoms with Crippen molar-refractivity contribution in [1.29, 1.82) is 0 Å². The molecular weight excluding hydrogens is 224 g/mol. The predicted molar refractivity (Wildman–Crippen MR) is 70.2 cm³/mol. The maximum Gasteiger partial charge on any atom is 0.138 e. The largest absolute Gasteiger partial charge is 0.489 e. The first kappa shape index (κ1) is 12.6. The highest BCUT2D eigenvalue weighted by atomic mass is 35.5. The van der Waals surface area contributed by atoms with Gasteiger partial charge in [-0.05, 0) is 26.0 Å². The Hall–Kier alpha value is -0.473. The smallest absolute Gasteiger partial charge is 0.138 e. The summed E-state index contributed by atoms with van der Waals surface area (Å²) in [4.78, 5) is 0. The fourth-order valence-electron chi connectivity index (χ4n) is 1.32. The van der Waals surface area contributed by atoms with Gasteiger partial charge in [0.05, 0.1) is 19.2 Å². The van der Waals surface area contributed by atoms with Crippen LogP contribution < -0.4 is 9.92 Å². The summed E-state index contributed by atoms with van der Waals surface area (Å²) in [7, 11) is -1.27. The van der Waals surface area contributed by atoms with Gasteiger partial charge in [0.2, 0.25) is 0 Å². The number of ether oxygens (including phenoxy) is 1. The van der Waals surface area contributed by atoms with Gasteiger partial charge in [0, 0.05) is 0 Å². The van der Waals surface area contributed by atoms with Crippen molar-refractivity contribution >= 4 is 24.9 Å². The molecule has 0 fully saturated rings. The van der Waals surface area contributed by atoms with E-state index in [1.807, 2.05) is 26.0 Å². The van der Waals surface area contributed by atoms with E-state index in [0.29, 0.717) is 0 Å². The maximum atomic E-state index is 6.18. The second kappa shape index (κ2) is 4.58. The van der Waals surface area contributed by atoms with Crippen LogP contribution in [-0.2, 0) is 0 Å². The molecule has 3 heteroatoms. The molecule has 0 amide bonds. The van der Waals surface area contributed by atoms with E-state index in [-0.39, 0.29) is 6.10 Å². The molecule has 1 aromatic carbocycles. The number of benzene rings is 1. The van der Waals surface area contributed by atoms with Crippen molar-refractivity contribution in [3.05, 3.63) is 23.2 Å². The van der Waals surface area contributed by atoms with E-state index in [4.69, 9.17) is 16.3 Å². The zero-order valence-electron chi connectivity index (χ0n) is 10.1. The fraction of sp³-hybridized carbons (Fsp3) is 0.500. The molecule has 84 valence electrons. The molecule has 0 atom stereocenters. The lowest BCUT2D eigenvalue weighted by Gasteiger charge is -2.18. The van der Waals surface area contributed by atoms with Gasteiger partial charge in [0.1, 0.15) is 5.75 Å². The Labute approximate surface area is 98.4 Å². The van der Waals surface area contributed by atoms with Gasteiger partial charge in [-0.1, -0.05) is 42.5 Å². The summed E-state index contributed by atoms with van der Waals surface area (Å²) >= 11 is 6.18. The Morgan fingerprint density at radius 3 is 2.20 bits per heavy atom. The minimum atomic E-state index is -1.27. The van der Waals surface area contributed by atoms with Crippen LogP contribution in [0.25, 0.3) is 0 Å². The molecule has 0 aliphatic heterocycles.